The van der Waals surface area contributed by atoms with Crippen LogP contribution in [0.4, 0.5) is 0 Å². The molecule has 0 aromatic rings. The number of aliphatic hydroxyl groups excluding tert-OH is 1. The Morgan fingerprint density at radius 3 is 2.60 bits per heavy atom. The first-order valence-corrected chi connectivity index (χ1v) is 5.93. The summed E-state index contributed by atoms with van der Waals surface area (Å²) in [4.78, 5) is 4.69. The summed E-state index contributed by atoms with van der Waals surface area (Å²) >= 11 is 0. The van der Waals surface area contributed by atoms with Gasteiger partial charge in [0.25, 0.3) is 0 Å². The fourth-order valence-electron chi connectivity index (χ4n) is 2.15. The number of likely N-dealkylation sites (N-methyl/N-ethyl adjacent to an activating group) is 1. The molecule has 1 aliphatic heterocycles. The van der Waals surface area contributed by atoms with Crippen LogP contribution in [0.25, 0.3) is 0 Å². The SMILES string of the molecule is CN(C)CCN1CCC(C)(C)C(CO)C1. The molecule has 0 aliphatic carbocycles. The summed E-state index contributed by atoms with van der Waals surface area (Å²) < 4.78 is 0. The van der Waals surface area contributed by atoms with Crippen molar-refractivity contribution in [2.24, 2.45) is 11.3 Å². The summed E-state index contributed by atoms with van der Waals surface area (Å²) in [6.07, 6.45) is 1.20. The number of nitrogens with zero attached hydrogens (tertiary/aromatic N) is 2. The molecule has 0 bridgehead atoms. The van der Waals surface area contributed by atoms with Crippen LogP contribution in [0, 0.1) is 11.3 Å². The van der Waals surface area contributed by atoms with Gasteiger partial charge in [0.05, 0.1) is 0 Å². The van der Waals surface area contributed by atoms with Crippen molar-refractivity contribution >= 4 is 0 Å². The van der Waals surface area contributed by atoms with E-state index in [-0.39, 0.29) is 0 Å². The molecule has 3 heteroatoms. The molecule has 15 heavy (non-hydrogen) atoms. The second-order valence-electron chi connectivity index (χ2n) is 5.72. The normalized spacial score (nSPS) is 27.2. The molecule has 0 aromatic carbocycles. The van der Waals surface area contributed by atoms with Gasteiger partial charge >= 0.3 is 0 Å². The largest absolute Gasteiger partial charge is 0.396 e. The van der Waals surface area contributed by atoms with E-state index in [0.717, 1.165) is 19.6 Å². The highest BCUT2D eigenvalue weighted by molar-refractivity contribution is 4.86. The van der Waals surface area contributed by atoms with Crippen LogP contribution in [0.1, 0.15) is 20.3 Å². The Morgan fingerprint density at radius 1 is 1.40 bits per heavy atom. The minimum atomic E-state index is 0.309. The lowest BCUT2D eigenvalue weighted by Gasteiger charge is -2.43. The van der Waals surface area contributed by atoms with E-state index < -0.39 is 0 Å². The van der Waals surface area contributed by atoms with E-state index in [1.807, 2.05) is 0 Å². The van der Waals surface area contributed by atoms with Crippen molar-refractivity contribution < 1.29 is 5.11 Å². The smallest absolute Gasteiger partial charge is 0.0476 e. The third-order valence-electron chi connectivity index (χ3n) is 3.74. The Kier molecular flexibility index (Phi) is 4.56. The molecule has 1 heterocycles. The van der Waals surface area contributed by atoms with Gasteiger partial charge in [-0.05, 0) is 38.4 Å². The van der Waals surface area contributed by atoms with Gasteiger partial charge < -0.3 is 14.9 Å². The van der Waals surface area contributed by atoms with Crippen LogP contribution in [0.3, 0.4) is 0 Å². The quantitative estimate of drug-likeness (QED) is 0.753. The molecular weight excluding hydrogens is 188 g/mol. The van der Waals surface area contributed by atoms with Gasteiger partial charge in [-0.15, -0.1) is 0 Å². The Labute approximate surface area is 94.1 Å². The summed E-state index contributed by atoms with van der Waals surface area (Å²) in [6, 6.07) is 0. The molecule has 1 aliphatic rings. The van der Waals surface area contributed by atoms with Gasteiger partial charge in [0.15, 0.2) is 0 Å². The average Bonchev–Trinajstić information content (AvgIpc) is 2.15. The summed E-state index contributed by atoms with van der Waals surface area (Å²) in [7, 11) is 4.22. The predicted molar refractivity (Wildman–Crippen MR) is 64.0 cm³/mol. The second kappa shape index (κ2) is 5.28. The number of likely N-dealkylation sites (tertiary alicyclic amines) is 1. The van der Waals surface area contributed by atoms with Crippen LogP contribution >= 0.6 is 0 Å². The fourth-order valence-corrected chi connectivity index (χ4v) is 2.15. The first-order chi connectivity index (χ1) is 6.95. The van der Waals surface area contributed by atoms with E-state index in [0.29, 0.717) is 17.9 Å². The standard InChI is InChI=1S/C12H26N2O/c1-12(2)5-6-14(8-7-13(3)4)9-11(12)10-15/h11,15H,5-10H2,1-4H3. The Balaban J connectivity index is 2.39. The third-order valence-corrected chi connectivity index (χ3v) is 3.74. The first-order valence-electron chi connectivity index (χ1n) is 5.93. The molecule has 1 rings (SSSR count). The van der Waals surface area contributed by atoms with Crippen LogP contribution in [-0.2, 0) is 0 Å². The van der Waals surface area contributed by atoms with E-state index in [1.54, 1.807) is 0 Å². The molecule has 1 saturated heterocycles. The maximum Gasteiger partial charge on any atom is 0.0476 e. The number of hydrogen-bond donors (Lipinski definition) is 1. The minimum absolute atomic E-state index is 0.309. The van der Waals surface area contributed by atoms with Crippen LogP contribution < -0.4 is 0 Å². The van der Waals surface area contributed by atoms with Crippen molar-refractivity contribution in [1.82, 2.24) is 9.80 Å². The number of hydrogen-bond acceptors (Lipinski definition) is 3. The molecule has 0 saturated carbocycles. The van der Waals surface area contributed by atoms with Gasteiger partial charge in [0.2, 0.25) is 0 Å². The molecule has 0 spiro atoms. The average molecular weight is 214 g/mol. The predicted octanol–water partition coefficient (Wildman–Crippen LogP) is 0.888. The van der Waals surface area contributed by atoms with Crippen molar-refractivity contribution in [2.45, 2.75) is 20.3 Å². The van der Waals surface area contributed by atoms with E-state index in [2.05, 4.69) is 37.7 Å². The first kappa shape index (κ1) is 12.9. The molecule has 0 amide bonds. The van der Waals surface area contributed by atoms with Crippen molar-refractivity contribution in [2.75, 3.05) is 46.9 Å². The Bertz CT molecular complexity index is 190. The van der Waals surface area contributed by atoms with Crippen molar-refractivity contribution in [3.05, 3.63) is 0 Å². The van der Waals surface area contributed by atoms with E-state index in [1.165, 1.54) is 13.0 Å². The third kappa shape index (κ3) is 3.74. The summed E-state index contributed by atoms with van der Waals surface area (Å²) in [6.45, 7) is 9.34. The maximum absolute atomic E-state index is 9.38. The molecule has 1 unspecified atom stereocenters. The number of piperidine rings is 1. The molecule has 1 atom stereocenters. The molecule has 0 aromatic heterocycles. The van der Waals surface area contributed by atoms with Crippen LogP contribution in [0.2, 0.25) is 0 Å². The van der Waals surface area contributed by atoms with Crippen molar-refractivity contribution in [3.8, 4) is 0 Å². The molecule has 0 radical (unpaired) electrons. The zero-order valence-corrected chi connectivity index (χ0v) is 10.7. The van der Waals surface area contributed by atoms with Crippen molar-refractivity contribution in [3.63, 3.8) is 0 Å². The lowest BCUT2D eigenvalue weighted by atomic mass is 9.74. The topological polar surface area (TPSA) is 26.7 Å². The second-order valence-corrected chi connectivity index (χ2v) is 5.72. The Hall–Kier alpha value is -0.120. The molecule has 3 nitrogen and oxygen atoms in total. The van der Waals surface area contributed by atoms with Gasteiger partial charge in [-0.1, -0.05) is 13.8 Å². The summed E-state index contributed by atoms with van der Waals surface area (Å²) in [5.74, 6) is 0.438. The van der Waals surface area contributed by atoms with Crippen LogP contribution in [0.15, 0.2) is 0 Å². The maximum atomic E-state index is 9.38. The number of rotatable bonds is 4. The lowest BCUT2D eigenvalue weighted by molar-refractivity contribution is 0.0208. The van der Waals surface area contributed by atoms with Gasteiger partial charge in [0, 0.05) is 26.2 Å². The van der Waals surface area contributed by atoms with Crippen molar-refractivity contribution in [1.29, 1.82) is 0 Å². The highest BCUT2D eigenvalue weighted by Crippen LogP contribution is 2.34. The van der Waals surface area contributed by atoms with Gasteiger partial charge in [-0.3, -0.25) is 0 Å². The number of aliphatic hydroxyl groups is 1. The van der Waals surface area contributed by atoms with E-state index >= 15 is 0 Å². The lowest BCUT2D eigenvalue weighted by Crippen LogP contribution is -2.47. The van der Waals surface area contributed by atoms with Gasteiger partial charge in [-0.2, -0.15) is 0 Å². The zero-order chi connectivity index (χ0) is 11.5. The van der Waals surface area contributed by atoms with Gasteiger partial charge in [0.1, 0.15) is 0 Å². The zero-order valence-electron chi connectivity index (χ0n) is 10.7. The van der Waals surface area contributed by atoms with Crippen LogP contribution in [0.5, 0.6) is 0 Å². The highest BCUT2D eigenvalue weighted by Gasteiger charge is 2.34. The Morgan fingerprint density at radius 2 is 2.07 bits per heavy atom. The van der Waals surface area contributed by atoms with Gasteiger partial charge in [-0.25, -0.2) is 0 Å². The van der Waals surface area contributed by atoms with E-state index in [4.69, 9.17) is 0 Å². The molecule has 1 fully saturated rings. The van der Waals surface area contributed by atoms with Crippen LogP contribution in [-0.4, -0.2) is 61.8 Å². The molecular formula is C12H26N2O. The summed E-state index contributed by atoms with van der Waals surface area (Å²) in [5, 5.41) is 9.38. The molecule has 1 N–H and O–H groups in total. The highest BCUT2D eigenvalue weighted by atomic mass is 16.3. The monoisotopic (exact) mass is 214 g/mol. The summed E-state index contributed by atoms with van der Waals surface area (Å²) in [5.41, 5.74) is 0.309. The minimum Gasteiger partial charge on any atom is -0.396 e. The molecule has 90 valence electrons. The van der Waals surface area contributed by atoms with E-state index in [9.17, 15) is 5.11 Å². The fraction of sp³-hybridized carbons (Fsp3) is 1.00.